The van der Waals surface area contributed by atoms with Crippen LogP contribution in [0.4, 0.5) is 0 Å². The summed E-state index contributed by atoms with van der Waals surface area (Å²) in [4.78, 5) is 23.0. The maximum Gasteiger partial charge on any atom is 0.319 e. The zero-order valence-electron chi connectivity index (χ0n) is 9.16. The van der Waals surface area contributed by atoms with Crippen LogP contribution in [0.1, 0.15) is 27.7 Å². The second kappa shape index (κ2) is 5.10. The van der Waals surface area contributed by atoms with Crippen molar-refractivity contribution in [3.8, 4) is 0 Å². The molecule has 1 N–H and O–H groups in total. The lowest BCUT2D eigenvalue weighted by Crippen LogP contribution is -2.38. The van der Waals surface area contributed by atoms with Gasteiger partial charge in [-0.15, -0.1) is 0 Å². The van der Waals surface area contributed by atoms with Crippen molar-refractivity contribution in [3.05, 3.63) is 0 Å². The van der Waals surface area contributed by atoms with E-state index in [4.69, 9.17) is 9.84 Å². The quantitative estimate of drug-likeness (QED) is 0.528. The Hall–Kier alpha value is -0.900. The van der Waals surface area contributed by atoms with Crippen molar-refractivity contribution in [1.29, 1.82) is 0 Å². The standard InChI is InChI=1S/C10H18O4/c1-7(2)8(12)10(3,4)9(13)14-6-5-11/h7,11H,5-6H2,1-4H3. The summed E-state index contributed by atoms with van der Waals surface area (Å²) in [5.74, 6) is -0.933. The van der Waals surface area contributed by atoms with Crippen LogP contribution in [0.25, 0.3) is 0 Å². The van der Waals surface area contributed by atoms with Crippen LogP contribution in [0.5, 0.6) is 0 Å². The molecule has 82 valence electrons. The molecule has 0 heterocycles. The first kappa shape index (κ1) is 13.1. The fourth-order valence-corrected chi connectivity index (χ4v) is 1.14. The number of esters is 1. The average Bonchev–Trinajstić information content (AvgIpc) is 2.12. The molecule has 0 fully saturated rings. The highest BCUT2D eigenvalue weighted by molar-refractivity contribution is 6.03. The van der Waals surface area contributed by atoms with Crippen LogP contribution in [0.2, 0.25) is 0 Å². The first-order chi connectivity index (χ1) is 6.34. The zero-order valence-corrected chi connectivity index (χ0v) is 9.16. The van der Waals surface area contributed by atoms with Gasteiger partial charge < -0.3 is 9.84 Å². The van der Waals surface area contributed by atoms with Crippen LogP contribution < -0.4 is 0 Å². The molecule has 0 bridgehead atoms. The van der Waals surface area contributed by atoms with Gasteiger partial charge in [0.05, 0.1) is 6.61 Å². The van der Waals surface area contributed by atoms with E-state index in [9.17, 15) is 9.59 Å². The summed E-state index contributed by atoms with van der Waals surface area (Å²) in [6.07, 6.45) is 0. The van der Waals surface area contributed by atoms with Crippen molar-refractivity contribution in [2.24, 2.45) is 11.3 Å². The number of carbonyl (C=O) groups excluding carboxylic acids is 2. The van der Waals surface area contributed by atoms with Crippen molar-refractivity contribution < 1.29 is 19.4 Å². The van der Waals surface area contributed by atoms with Crippen LogP contribution in [0.15, 0.2) is 0 Å². The zero-order chi connectivity index (χ0) is 11.4. The lowest BCUT2D eigenvalue weighted by Gasteiger charge is -2.22. The smallest absolute Gasteiger partial charge is 0.319 e. The minimum Gasteiger partial charge on any atom is -0.463 e. The Bertz CT molecular complexity index is 218. The van der Waals surface area contributed by atoms with Crippen molar-refractivity contribution in [2.75, 3.05) is 13.2 Å². The fourth-order valence-electron chi connectivity index (χ4n) is 1.14. The molecule has 0 saturated carbocycles. The van der Waals surface area contributed by atoms with E-state index in [2.05, 4.69) is 0 Å². The minimum atomic E-state index is -1.12. The largest absolute Gasteiger partial charge is 0.463 e. The molecule has 0 aromatic carbocycles. The number of aliphatic hydroxyl groups excluding tert-OH is 1. The van der Waals surface area contributed by atoms with Gasteiger partial charge in [-0.25, -0.2) is 0 Å². The van der Waals surface area contributed by atoms with Gasteiger partial charge in [-0.2, -0.15) is 0 Å². The minimum absolute atomic E-state index is 0.0619. The number of carbonyl (C=O) groups is 2. The molecule has 4 nitrogen and oxygen atoms in total. The van der Waals surface area contributed by atoms with Gasteiger partial charge in [0.1, 0.15) is 12.0 Å². The van der Waals surface area contributed by atoms with Crippen molar-refractivity contribution in [2.45, 2.75) is 27.7 Å². The molecular weight excluding hydrogens is 184 g/mol. The fraction of sp³-hybridized carbons (Fsp3) is 0.800. The SMILES string of the molecule is CC(C)C(=O)C(C)(C)C(=O)OCCO. The summed E-state index contributed by atoms with van der Waals surface area (Å²) in [5.41, 5.74) is -1.12. The van der Waals surface area contributed by atoms with Crippen molar-refractivity contribution in [1.82, 2.24) is 0 Å². The molecule has 0 aromatic rings. The number of hydrogen-bond donors (Lipinski definition) is 1. The van der Waals surface area contributed by atoms with E-state index in [0.717, 1.165) is 0 Å². The molecule has 0 aliphatic carbocycles. The molecule has 0 atom stereocenters. The van der Waals surface area contributed by atoms with Gasteiger partial charge in [0.15, 0.2) is 5.78 Å². The normalized spacial score (nSPS) is 11.6. The van der Waals surface area contributed by atoms with Crippen LogP contribution in [-0.4, -0.2) is 30.1 Å². The monoisotopic (exact) mass is 202 g/mol. The Labute approximate surface area is 84.3 Å². The lowest BCUT2D eigenvalue weighted by atomic mass is 9.82. The lowest BCUT2D eigenvalue weighted by molar-refractivity contribution is -0.160. The number of aliphatic hydroxyl groups is 1. The number of rotatable bonds is 5. The van der Waals surface area contributed by atoms with Crippen LogP contribution >= 0.6 is 0 Å². The van der Waals surface area contributed by atoms with Crippen LogP contribution in [0.3, 0.4) is 0 Å². The highest BCUT2D eigenvalue weighted by atomic mass is 16.5. The predicted molar refractivity (Wildman–Crippen MR) is 51.7 cm³/mol. The van der Waals surface area contributed by atoms with Crippen molar-refractivity contribution in [3.63, 3.8) is 0 Å². The van der Waals surface area contributed by atoms with E-state index < -0.39 is 11.4 Å². The highest BCUT2D eigenvalue weighted by Crippen LogP contribution is 2.22. The van der Waals surface area contributed by atoms with Gasteiger partial charge in [-0.3, -0.25) is 9.59 Å². The van der Waals surface area contributed by atoms with Gasteiger partial charge >= 0.3 is 5.97 Å². The first-order valence-corrected chi connectivity index (χ1v) is 4.66. The molecule has 0 spiro atoms. The third-order valence-electron chi connectivity index (χ3n) is 1.98. The van der Waals surface area contributed by atoms with Crippen molar-refractivity contribution >= 4 is 11.8 Å². The summed E-state index contributed by atoms with van der Waals surface area (Å²) < 4.78 is 4.72. The Morgan fingerprint density at radius 2 is 1.86 bits per heavy atom. The Balaban J connectivity index is 4.44. The molecule has 0 radical (unpaired) electrons. The maximum absolute atomic E-state index is 11.6. The Morgan fingerprint density at radius 3 is 2.21 bits per heavy atom. The summed E-state index contributed by atoms with van der Waals surface area (Å²) >= 11 is 0. The molecule has 0 rings (SSSR count). The average molecular weight is 202 g/mol. The van der Waals surface area contributed by atoms with E-state index in [1.807, 2.05) is 0 Å². The molecule has 4 heteroatoms. The van der Waals surface area contributed by atoms with E-state index in [1.54, 1.807) is 13.8 Å². The van der Waals surface area contributed by atoms with E-state index in [-0.39, 0.29) is 24.9 Å². The molecule has 0 aromatic heterocycles. The molecule has 14 heavy (non-hydrogen) atoms. The topological polar surface area (TPSA) is 63.6 Å². The summed E-state index contributed by atoms with van der Waals surface area (Å²) in [7, 11) is 0. The summed E-state index contributed by atoms with van der Waals surface area (Å²) in [6, 6.07) is 0. The number of hydrogen-bond acceptors (Lipinski definition) is 4. The number of Topliss-reactive ketones (excluding diaryl/α,β-unsaturated/α-hetero) is 1. The Morgan fingerprint density at radius 1 is 1.36 bits per heavy atom. The molecule has 0 unspecified atom stereocenters. The molecule has 0 saturated heterocycles. The van der Waals surface area contributed by atoms with Gasteiger partial charge in [-0.05, 0) is 13.8 Å². The molecular formula is C10H18O4. The highest BCUT2D eigenvalue weighted by Gasteiger charge is 2.38. The van der Waals surface area contributed by atoms with E-state index in [0.29, 0.717) is 0 Å². The maximum atomic E-state index is 11.6. The van der Waals surface area contributed by atoms with Gasteiger partial charge in [0, 0.05) is 5.92 Å². The van der Waals surface area contributed by atoms with Gasteiger partial charge in [-0.1, -0.05) is 13.8 Å². The summed E-state index contributed by atoms with van der Waals surface area (Å²) in [6.45, 7) is 6.27. The van der Waals surface area contributed by atoms with Gasteiger partial charge in [0.2, 0.25) is 0 Å². The third kappa shape index (κ3) is 3.10. The second-order valence-corrected chi connectivity index (χ2v) is 4.00. The molecule has 0 amide bonds. The molecule has 0 aliphatic heterocycles. The summed E-state index contributed by atoms with van der Waals surface area (Å²) in [5, 5.41) is 8.47. The van der Waals surface area contributed by atoms with Gasteiger partial charge in [0.25, 0.3) is 0 Å². The van der Waals surface area contributed by atoms with E-state index in [1.165, 1.54) is 13.8 Å². The predicted octanol–water partition coefficient (Wildman–Crippen LogP) is 0.773. The first-order valence-electron chi connectivity index (χ1n) is 4.66. The van der Waals surface area contributed by atoms with Crippen LogP contribution in [-0.2, 0) is 14.3 Å². The molecule has 0 aliphatic rings. The third-order valence-corrected chi connectivity index (χ3v) is 1.98. The van der Waals surface area contributed by atoms with E-state index >= 15 is 0 Å². The number of ketones is 1. The van der Waals surface area contributed by atoms with Crippen LogP contribution in [0, 0.1) is 11.3 Å². The second-order valence-electron chi connectivity index (χ2n) is 4.00. The number of ether oxygens (including phenoxy) is 1. The Kier molecular flexibility index (Phi) is 4.77.